The summed E-state index contributed by atoms with van der Waals surface area (Å²) in [4.78, 5) is 19.1. The lowest BCUT2D eigenvalue weighted by molar-refractivity contribution is 0.0695. The Morgan fingerprint density at radius 3 is 2.50 bits per heavy atom. The van der Waals surface area contributed by atoms with Crippen LogP contribution in [0.4, 0.5) is 0 Å². The summed E-state index contributed by atoms with van der Waals surface area (Å²) in [7, 11) is 0. The van der Waals surface area contributed by atoms with Crippen molar-refractivity contribution in [2.75, 3.05) is 0 Å². The quantitative estimate of drug-likeness (QED) is 0.864. The fourth-order valence-electron chi connectivity index (χ4n) is 1.69. The van der Waals surface area contributed by atoms with Gasteiger partial charge < -0.3 is 5.11 Å². The maximum atomic E-state index is 10.9. The van der Waals surface area contributed by atoms with E-state index >= 15 is 0 Å². The molecule has 2 aromatic rings. The van der Waals surface area contributed by atoms with Crippen LogP contribution in [0.25, 0.3) is 0 Å². The van der Waals surface area contributed by atoms with E-state index in [0.717, 1.165) is 5.56 Å². The Morgan fingerprint density at radius 1 is 1.28 bits per heavy atom. The van der Waals surface area contributed by atoms with Crippen molar-refractivity contribution >= 4 is 17.6 Å². The van der Waals surface area contributed by atoms with Gasteiger partial charge in [0.05, 0.1) is 5.69 Å². The lowest BCUT2D eigenvalue weighted by Gasteiger charge is -2.06. The predicted molar refractivity (Wildman–Crippen MR) is 68.0 cm³/mol. The number of carbonyl (C=O) groups is 1. The first-order chi connectivity index (χ1) is 8.58. The first-order valence-corrected chi connectivity index (χ1v) is 5.76. The fourth-order valence-corrected chi connectivity index (χ4v) is 2.01. The van der Waals surface area contributed by atoms with Gasteiger partial charge in [-0.15, -0.1) is 0 Å². The number of aromatic nitrogens is 2. The van der Waals surface area contributed by atoms with Gasteiger partial charge in [-0.2, -0.15) is 0 Å². The topological polar surface area (TPSA) is 63.1 Å². The van der Waals surface area contributed by atoms with E-state index in [-0.39, 0.29) is 10.7 Å². The van der Waals surface area contributed by atoms with Crippen LogP contribution in [0.3, 0.4) is 0 Å². The van der Waals surface area contributed by atoms with Crippen LogP contribution >= 0.6 is 11.6 Å². The molecule has 0 aliphatic rings. The van der Waals surface area contributed by atoms with Gasteiger partial charge in [0.2, 0.25) is 0 Å². The number of nitrogens with zero attached hydrogens (tertiary/aromatic N) is 2. The van der Waals surface area contributed by atoms with Crippen LogP contribution in [-0.4, -0.2) is 21.0 Å². The molecule has 0 amide bonds. The zero-order chi connectivity index (χ0) is 13.1. The molecule has 0 unspecified atom stereocenters. The van der Waals surface area contributed by atoms with Crippen molar-refractivity contribution in [2.45, 2.75) is 13.3 Å². The van der Waals surface area contributed by atoms with Crippen molar-refractivity contribution < 1.29 is 9.90 Å². The molecule has 0 bridgehead atoms. The number of carboxylic acids is 1. The average molecular weight is 263 g/mol. The summed E-state index contributed by atoms with van der Waals surface area (Å²) in [6.07, 6.45) is 0.529. The third-order valence-electron chi connectivity index (χ3n) is 2.51. The largest absolute Gasteiger partial charge is 0.478 e. The molecule has 92 valence electrons. The highest BCUT2D eigenvalue weighted by Gasteiger charge is 2.16. The van der Waals surface area contributed by atoms with Crippen molar-refractivity contribution in [1.29, 1.82) is 0 Å². The number of carboxylic acid groups (broad SMARTS) is 1. The third kappa shape index (κ3) is 2.65. The van der Waals surface area contributed by atoms with Gasteiger partial charge in [0.15, 0.2) is 0 Å². The summed E-state index contributed by atoms with van der Waals surface area (Å²) in [6, 6.07) is 9.69. The van der Waals surface area contributed by atoms with Crippen LogP contribution in [-0.2, 0) is 6.42 Å². The molecular formula is C13H11ClN2O2. The molecule has 0 saturated carbocycles. The summed E-state index contributed by atoms with van der Waals surface area (Å²) in [5.41, 5.74) is 1.40. The molecular weight excluding hydrogens is 252 g/mol. The van der Waals surface area contributed by atoms with Crippen LogP contribution in [0.15, 0.2) is 30.3 Å². The van der Waals surface area contributed by atoms with Gasteiger partial charge in [0.25, 0.3) is 0 Å². The highest BCUT2D eigenvalue weighted by Crippen LogP contribution is 2.17. The average Bonchev–Trinajstić information content (AvgIpc) is 2.28. The molecule has 1 N–H and O–H groups in total. The molecule has 4 nitrogen and oxygen atoms in total. The van der Waals surface area contributed by atoms with Crippen LogP contribution in [0.2, 0.25) is 5.15 Å². The predicted octanol–water partition coefficient (Wildman–Crippen LogP) is 2.73. The van der Waals surface area contributed by atoms with E-state index < -0.39 is 5.97 Å². The number of hydrogen-bond donors (Lipinski definition) is 1. The number of aryl methyl sites for hydroxylation is 1. The maximum Gasteiger partial charge on any atom is 0.340 e. The summed E-state index contributed by atoms with van der Waals surface area (Å²) >= 11 is 5.86. The summed E-state index contributed by atoms with van der Waals surface area (Å²) in [5, 5.41) is 8.95. The zero-order valence-corrected chi connectivity index (χ0v) is 10.5. The fraction of sp³-hybridized carbons (Fsp3) is 0.154. The minimum atomic E-state index is -1.11. The monoisotopic (exact) mass is 262 g/mol. The number of halogens is 1. The van der Waals surface area contributed by atoms with E-state index in [0.29, 0.717) is 17.9 Å². The first kappa shape index (κ1) is 12.5. The van der Waals surface area contributed by atoms with Gasteiger partial charge in [-0.1, -0.05) is 41.9 Å². The minimum absolute atomic E-state index is 0.0130. The molecule has 0 atom stereocenters. The normalized spacial score (nSPS) is 10.3. The first-order valence-electron chi connectivity index (χ1n) is 5.38. The molecule has 0 aliphatic carbocycles. The molecule has 0 saturated heterocycles. The Kier molecular flexibility index (Phi) is 3.58. The summed E-state index contributed by atoms with van der Waals surface area (Å²) in [5.74, 6) is -0.586. The van der Waals surface area contributed by atoms with Crippen molar-refractivity contribution in [3.63, 3.8) is 0 Å². The van der Waals surface area contributed by atoms with E-state index in [2.05, 4.69) is 9.97 Å². The Labute approximate surface area is 109 Å². The molecule has 18 heavy (non-hydrogen) atoms. The standard InChI is InChI=1S/C13H11ClN2O2/c1-8-11(13(17)18)12(14)16-10(15-8)7-9-5-3-2-4-6-9/h2-6H,7H2,1H3,(H,17,18). The van der Waals surface area contributed by atoms with Gasteiger partial charge in [-0.3, -0.25) is 0 Å². The minimum Gasteiger partial charge on any atom is -0.478 e. The molecule has 0 aliphatic heterocycles. The second-order valence-electron chi connectivity index (χ2n) is 3.86. The Balaban J connectivity index is 2.34. The Hall–Kier alpha value is -1.94. The third-order valence-corrected chi connectivity index (χ3v) is 2.78. The zero-order valence-electron chi connectivity index (χ0n) is 9.72. The molecule has 1 heterocycles. The van der Waals surface area contributed by atoms with Crippen molar-refractivity contribution in [1.82, 2.24) is 9.97 Å². The van der Waals surface area contributed by atoms with Crippen molar-refractivity contribution in [3.05, 3.63) is 58.1 Å². The number of hydrogen-bond acceptors (Lipinski definition) is 3. The lowest BCUT2D eigenvalue weighted by atomic mass is 10.1. The van der Waals surface area contributed by atoms with Crippen LogP contribution in [0.1, 0.15) is 27.4 Å². The van der Waals surface area contributed by atoms with E-state index in [9.17, 15) is 4.79 Å². The van der Waals surface area contributed by atoms with Crippen molar-refractivity contribution in [2.24, 2.45) is 0 Å². The summed E-state index contributed by atoms with van der Waals surface area (Å²) < 4.78 is 0. The SMILES string of the molecule is Cc1nc(Cc2ccccc2)nc(Cl)c1C(=O)O. The van der Waals surface area contributed by atoms with Gasteiger partial charge in [-0.25, -0.2) is 14.8 Å². The molecule has 5 heteroatoms. The number of aromatic carboxylic acids is 1. The Bertz CT molecular complexity index is 562. The molecule has 0 spiro atoms. The molecule has 0 fully saturated rings. The van der Waals surface area contributed by atoms with Crippen molar-refractivity contribution in [3.8, 4) is 0 Å². The van der Waals surface area contributed by atoms with Gasteiger partial charge in [-0.05, 0) is 12.5 Å². The van der Waals surface area contributed by atoms with E-state index in [1.54, 1.807) is 6.92 Å². The van der Waals surface area contributed by atoms with Gasteiger partial charge in [0.1, 0.15) is 16.5 Å². The second-order valence-corrected chi connectivity index (χ2v) is 4.22. The van der Waals surface area contributed by atoms with Gasteiger partial charge >= 0.3 is 5.97 Å². The maximum absolute atomic E-state index is 10.9. The number of rotatable bonds is 3. The molecule has 2 rings (SSSR count). The molecule has 0 radical (unpaired) electrons. The highest BCUT2D eigenvalue weighted by molar-refractivity contribution is 6.32. The van der Waals surface area contributed by atoms with Crippen LogP contribution in [0, 0.1) is 6.92 Å². The molecule has 1 aromatic carbocycles. The van der Waals surface area contributed by atoms with E-state index in [1.807, 2.05) is 30.3 Å². The highest BCUT2D eigenvalue weighted by atomic mass is 35.5. The van der Waals surface area contributed by atoms with E-state index in [1.165, 1.54) is 0 Å². The van der Waals surface area contributed by atoms with Crippen LogP contribution in [0.5, 0.6) is 0 Å². The van der Waals surface area contributed by atoms with Crippen LogP contribution < -0.4 is 0 Å². The Morgan fingerprint density at radius 2 is 1.94 bits per heavy atom. The molecule has 1 aromatic heterocycles. The van der Waals surface area contributed by atoms with Gasteiger partial charge in [0, 0.05) is 6.42 Å². The van der Waals surface area contributed by atoms with E-state index in [4.69, 9.17) is 16.7 Å². The smallest absolute Gasteiger partial charge is 0.340 e. The lowest BCUT2D eigenvalue weighted by Crippen LogP contribution is -2.08. The number of benzene rings is 1. The second kappa shape index (κ2) is 5.14. The summed E-state index contributed by atoms with van der Waals surface area (Å²) in [6.45, 7) is 1.62.